The van der Waals surface area contributed by atoms with Crippen LogP contribution < -0.4 is 0 Å². The second kappa shape index (κ2) is 3.49. The molecule has 1 heterocycles. The van der Waals surface area contributed by atoms with Crippen molar-refractivity contribution in [3.63, 3.8) is 0 Å². The van der Waals surface area contributed by atoms with Gasteiger partial charge in [-0.2, -0.15) is 18.6 Å². The standard InChI is InChI=1S/C5H4BrClF2N2/c6-4-3(1-7)2-10-11(4)5(8)9/h2,5H,1H2. The van der Waals surface area contributed by atoms with E-state index >= 15 is 0 Å². The fraction of sp³-hybridized carbons (Fsp3) is 0.400. The first-order chi connectivity index (χ1) is 5.16. The molecule has 0 unspecified atom stereocenters. The molecule has 6 heteroatoms. The Balaban J connectivity index is 3.00. The summed E-state index contributed by atoms with van der Waals surface area (Å²) in [4.78, 5) is 0. The Labute approximate surface area is 75.3 Å². The third-order valence-electron chi connectivity index (χ3n) is 1.13. The highest BCUT2D eigenvalue weighted by Crippen LogP contribution is 2.22. The lowest BCUT2D eigenvalue weighted by atomic mass is 10.4. The van der Waals surface area contributed by atoms with Crippen molar-refractivity contribution in [2.75, 3.05) is 0 Å². The second-order valence-electron chi connectivity index (χ2n) is 1.82. The summed E-state index contributed by atoms with van der Waals surface area (Å²) in [5.74, 6) is 0.174. The minimum atomic E-state index is -2.62. The topological polar surface area (TPSA) is 17.8 Å². The molecule has 0 aliphatic heterocycles. The first-order valence-corrected chi connectivity index (χ1v) is 4.05. The van der Waals surface area contributed by atoms with Gasteiger partial charge in [-0.3, -0.25) is 0 Å². The molecule has 0 aliphatic carbocycles. The summed E-state index contributed by atoms with van der Waals surface area (Å²) in [5.41, 5.74) is 0.562. The van der Waals surface area contributed by atoms with Crippen LogP contribution in [-0.2, 0) is 5.88 Å². The summed E-state index contributed by atoms with van der Waals surface area (Å²) in [7, 11) is 0. The maximum absolute atomic E-state index is 12.0. The highest BCUT2D eigenvalue weighted by Gasteiger charge is 2.13. The Hall–Kier alpha value is -0.160. The number of halogens is 4. The molecule has 0 atom stereocenters. The van der Waals surface area contributed by atoms with Crippen LogP contribution >= 0.6 is 27.5 Å². The number of aromatic nitrogens is 2. The van der Waals surface area contributed by atoms with Gasteiger partial charge in [0.1, 0.15) is 4.60 Å². The minimum absolute atomic E-state index is 0.174. The fourth-order valence-corrected chi connectivity index (χ4v) is 1.45. The Kier molecular flexibility index (Phi) is 2.84. The average Bonchev–Trinajstić information content (AvgIpc) is 2.30. The highest BCUT2D eigenvalue weighted by molar-refractivity contribution is 9.10. The van der Waals surface area contributed by atoms with Crippen LogP contribution in [0.2, 0.25) is 0 Å². The van der Waals surface area contributed by atoms with Crippen LogP contribution in [0.5, 0.6) is 0 Å². The van der Waals surface area contributed by atoms with E-state index in [1.807, 2.05) is 0 Å². The molecule has 0 radical (unpaired) electrons. The third-order valence-corrected chi connectivity index (χ3v) is 2.29. The Morgan fingerprint density at radius 3 is 2.64 bits per heavy atom. The van der Waals surface area contributed by atoms with Crippen LogP contribution in [0.25, 0.3) is 0 Å². The largest absolute Gasteiger partial charge is 0.334 e. The molecule has 1 aromatic heterocycles. The van der Waals surface area contributed by atoms with Crippen molar-refractivity contribution in [2.24, 2.45) is 0 Å². The van der Waals surface area contributed by atoms with E-state index in [9.17, 15) is 8.78 Å². The molecular formula is C5H4BrClF2N2. The third kappa shape index (κ3) is 1.70. The second-order valence-corrected chi connectivity index (χ2v) is 2.83. The summed E-state index contributed by atoms with van der Waals surface area (Å²) in [5, 5.41) is 3.42. The molecular weight excluding hydrogens is 241 g/mol. The van der Waals surface area contributed by atoms with E-state index in [4.69, 9.17) is 11.6 Å². The number of hydrogen-bond acceptors (Lipinski definition) is 1. The Morgan fingerprint density at radius 2 is 2.36 bits per heavy atom. The van der Waals surface area contributed by atoms with E-state index < -0.39 is 6.55 Å². The molecule has 1 rings (SSSR count). The molecule has 0 amide bonds. The van der Waals surface area contributed by atoms with Gasteiger partial charge >= 0.3 is 6.55 Å². The Bertz CT molecular complexity index is 251. The number of rotatable bonds is 2. The summed E-state index contributed by atoms with van der Waals surface area (Å²) >= 11 is 8.37. The van der Waals surface area contributed by atoms with E-state index in [-0.39, 0.29) is 10.5 Å². The lowest BCUT2D eigenvalue weighted by molar-refractivity contribution is 0.0540. The summed E-state index contributed by atoms with van der Waals surface area (Å²) in [6.45, 7) is -2.62. The van der Waals surface area contributed by atoms with E-state index in [0.717, 1.165) is 0 Å². The molecule has 2 nitrogen and oxygen atoms in total. The predicted octanol–water partition coefficient (Wildman–Crippen LogP) is 2.78. The van der Waals surface area contributed by atoms with Gasteiger partial charge in [-0.1, -0.05) is 0 Å². The molecule has 62 valence electrons. The molecule has 0 saturated carbocycles. The van der Waals surface area contributed by atoms with Gasteiger partial charge in [0.05, 0.1) is 12.1 Å². The molecule has 0 N–H and O–H groups in total. The first-order valence-electron chi connectivity index (χ1n) is 2.72. The van der Waals surface area contributed by atoms with Gasteiger partial charge in [-0.15, -0.1) is 11.6 Å². The van der Waals surface area contributed by atoms with Crippen molar-refractivity contribution in [3.05, 3.63) is 16.4 Å². The Morgan fingerprint density at radius 1 is 1.73 bits per heavy atom. The maximum Gasteiger partial charge on any atom is 0.334 e. The van der Waals surface area contributed by atoms with Gasteiger partial charge < -0.3 is 0 Å². The zero-order valence-corrected chi connectivity index (χ0v) is 7.61. The maximum atomic E-state index is 12.0. The van der Waals surface area contributed by atoms with Gasteiger partial charge in [0.15, 0.2) is 0 Å². The van der Waals surface area contributed by atoms with Gasteiger partial charge in [0.25, 0.3) is 0 Å². The van der Waals surface area contributed by atoms with Crippen molar-refractivity contribution in [1.29, 1.82) is 0 Å². The molecule has 0 fully saturated rings. The monoisotopic (exact) mass is 244 g/mol. The normalized spacial score (nSPS) is 11.0. The van der Waals surface area contributed by atoms with Crippen LogP contribution in [0.4, 0.5) is 8.78 Å². The SMILES string of the molecule is FC(F)n1ncc(CCl)c1Br. The van der Waals surface area contributed by atoms with Crippen molar-refractivity contribution in [2.45, 2.75) is 12.4 Å². The van der Waals surface area contributed by atoms with Crippen LogP contribution in [0.1, 0.15) is 12.1 Å². The van der Waals surface area contributed by atoms with Crippen molar-refractivity contribution >= 4 is 27.5 Å². The first kappa shape index (κ1) is 8.93. The van der Waals surface area contributed by atoms with Crippen molar-refractivity contribution in [3.8, 4) is 0 Å². The molecule has 1 aromatic rings. The highest BCUT2D eigenvalue weighted by atomic mass is 79.9. The zero-order valence-electron chi connectivity index (χ0n) is 5.27. The van der Waals surface area contributed by atoms with Gasteiger partial charge in [0.2, 0.25) is 0 Å². The van der Waals surface area contributed by atoms with Gasteiger partial charge in [-0.05, 0) is 15.9 Å². The van der Waals surface area contributed by atoms with Crippen molar-refractivity contribution in [1.82, 2.24) is 9.78 Å². The molecule has 0 saturated heterocycles. The quantitative estimate of drug-likeness (QED) is 0.733. The van der Waals surface area contributed by atoms with Crippen molar-refractivity contribution < 1.29 is 8.78 Å². The smallest absolute Gasteiger partial charge is 0.197 e. The molecule has 11 heavy (non-hydrogen) atoms. The molecule has 0 aromatic carbocycles. The van der Waals surface area contributed by atoms with Crippen LogP contribution in [0, 0.1) is 0 Å². The summed E-state index contributed by atoms with van der Waals surface area (Å²) in [6.07, 6.45) is 1.31. The van der Waals surface area contributed by atoms with Crippen LogP contribution in [0.3, 0.4) is 0 Å². The van der Waals surface area contributed by atoms with Gasteiger partial charge in [0, 0.05) is 5.56 Å². The van der Waals surface area contributed by atoms with E-state index in [1.54, 1.807) is 0 Å². The number of alkyl halides is 3. The fourth-order valence-electron chi connectivity index (χ4n) is 0.609. The molecule has 0 bridgehead atoms. The van der Waals surface area contributed by atoms with Crippen LogP contribution in [-0.4, -0.2) is 9.78 Å². The van der Waals surface area contributed by atoms with E-state index in [1.165, 1.54) is 6.20 Å². The number of nitrogens with zero attached hydrogens (tertiary/aromatic N) is 2. The minimum Gasteiger partial charge on any atom is -0.197 e. The predicted molar refractivity (Wildman–Crippen MR) is 40.7 cm³/mol. The van der Waals surface area contributed by atoms with E-state index in [2.05, 4.69) is 21.0 Å². The summed E-state index contributed by atoms with van der Waals surface area (Å²) < 4.78 is 24.8. The molecule has 0 spiro atoms. The lowest BCUT2D eigenvalue weighted by Crippen LogP contribution is -1.99. The number of hydrogen-bond donors (Lipinski definition) is 0. The molecule has 0 aliphatic rings. The van der Waals surface area contributed by atoms with Crippen LogP contribution in [0.15, 0.2) is 10.8 Å². The van der Waals surface area contributed by atoms with Gasteiger partial charge in [-0.25, -0.2) is 0 Å². The summed E-state index contributed by atoms with van der Waals surface area (Å²) in [6, 6.07) is 0. The zero-order chi connectivity index (χ0) is 8.43. The lowest BCUT2D eigenvalue weighted by Gasteiger charge is -1.99. The van der Waals surface area contributed by atoms with E-state index in [0.29, 0.717) is 10.2 Å². The average molecular weight is 245 g/mol.